The third-order valence-electron chi connectivity index (χ3n) is 9.24. The van der Waals surface area contributed by atoms with E-state index in [0.717, 1.165) is 39.3 Å². The highest BCUT2D eigenvalue weighted by Gasteiger charge is 2.16. The summed E-state index contributed by atoms with van der Waals surface area (Å²) in [4.78, 5) is 10.2. The lowest BCUT2D eigenvalue weighted by molar-refractivity contribution is 1.13. The van der Waals surface area contributed by atoms with Crippen LogP contribution in [-0.2, 0) is 0 Å². The SMILES string of the molecule is c1ccc(-c2ccc(-c3cc(-c4cccc(-c5cn(-c6ccccc6)c6c5ccc5ccccc56)c4)nc(-c4ccccc4)n3)cc2)cc1. The maximum absolute atomic E-state index is 5.14. The van der Waals surface area contributed by atoms with Crippen LogP contribution in [0.1, 0.15) is 0 Å². The molecule has 0 unspecified atom stereocenters. The second-order valence-electron chi connectivity index (χ2n) is 12.3. The van der Waals surface area contributed by atoms with E-state index < -0.39 is 0 Å². The van der Waals surface area contributed by atoms with E-state index in [1.807, 2.05) is 24.3 Å². The topological polar surface area (TPSA) is 30.7 Å². The summed E-state index contributed by atoms with van der Waals surface area (Å²) in [6.07, 6.45) is 2.28. The Labute approximate surface area is 285 Å². The number of hydrogen-bond acceptors (Lipinski definition) is 2. The van der Waals surface area contributed by atoms with Crippen LogP contribution in [0.25, 0.3) is 83.5 Å². The molecule has 2 heterocycles. The number of rotatable bonds is 6. The molecule has 0 amide bonds. The van der Waals surface area contributed by atoms with Gasteiger partial charge in [-0.3, -0.25) is 0 Å². The molecule has 9 aromatic rings. The molecule has 0 aliphatic rings. The van der Waals surface area contributed by atoms with Crippen LogP contribution in [0.3, 0.4) is 0 Å². The maximum atomic E-state index is 5.14. The summed E-state index contributed by atoms with van der Waals surface area (Å²) < 4.78 is 2.33. The van der Waals surface area contributed by atoms with Gasteiger partial charge in [-0.15, -0.1) is 0 Å². The van der Waals surface area contributed by atoms with Crippen LogP contribution in [0.15, 0.2) is 188 Å². The van der Waals surface area contributed by atoms with Crippen molar-refractivity contribution in [1.82, 2.24) is 14.5 Å². The molecule has 0 fully saturated rings. The molecule has 0 saturated carbocycles. The summed E-state index contributed by atoms with van der Waals surface area (Å²) in [5.74, 6) is 0.706. The Morgan fingerprint density at radius 2 is 0.939 bits per heavy atom. The molecule has 49 heavy (non-hydrogen) atoms. The number of hydrogen-bond donors (Lipinski definition) is 0. The van der Waals surface area contributed by atoms with Crippen molar-refractivity contribution in [3.05, 3.63) is 188 Å². The van der Waals surface area contributed by atoms with E-state index in [9.17, 15) is 0 Å². The fourth-order valence-corrected chi connectivity index (χ4v) is 6.79. The van der Waals surface area contributed by atoms with Crippen LogP contribution < -0.4 is 0 Å². The number of benzene rings is 7. The van der Waals surface area contributed by atoms with Gasteiger partial charge < -0.3 is 4.57 Å². The van der Waals surface area contributed by atoms with Gasteiger partial charge in [-0.05, 0) is 46.3 Å². The molecule has 0 atom stereocenters. The summed E-state index contributed by atoms with van der Waals surface area (Å²) >= 11 is 0. The lowest BCUT2D eigenvalue weighted by atomic mass is 9.98. The highest BCUT2D eigenvalue weighted by Crippen LogP contribution is 2.38. The maximum Gasteiger partial charge on any atom is 0.160 e. The molecule has 230 valence electrons. The summed E-state index contributed by atoms with van der Waals surface area (Å²) in [5.41, 5.74) is 11.9. The molecular formula is C46H31N3. The van der Waals surface area contributed by atoms with Gasteiger partial charge in [0, 0.05) is 44.9 Å². The first kappa shape index (κ1) is 28.6. The predicted octanol–water partition coefficient (Wildman–Crippen LogP) is 11.9. The third-order valence-corrected chi connectivity index (χ3v) is 9.24. The second-order valence-corrected chi connectivity index (χ2v) is 12.3. The van der Waals surface area contributed by atoms with Crippen LogP contribution >= 0.6 is 0 Å². The van der Waals surface area contributed by atoms with Crippen LogP contribution in [0.2, 0.25) is 0 Å². The normalized spacial score (nSPS) is 11.3. The van der Waals surface area contributed by atoms with Crippen LogP contribution in [-0.4, -0.2) is 14.5 Å². The first-order valence-corrected chi connectivity index (χ1v) is 16.6. The minimum Gasteiger partial charge on any atom is -0.315 e. The lowest BCUT2D eigenvalue weighted by Crippen LogP contribution is -1.96. The van der Waals surface area contributed by atoms with Crippen molar-refractivity contribution in [3.63, 3.8) is 0 Å². The first-order chi connectivity index (χ1) is 24.3. The van der Waals surface area contributed by atoms with Crippen LogP contribution in [0.4, 0.5) is 0 Å². The Kier molecular flexibility index (Phi) is 7.14. The minimum absolute atomic E-state index is 0.706. The monoisotopic (exact) mass is 625 g/mol. The molecule has 0 aliphatic heterocycles. The van der Waals surface area contributed by atoms with E-state index in [2.05, 4.69) is 168 Å². The average molecular weight is 626 g/mol. The third kappa shape index (κ3) is 5.38. The molecule has 3 heteroatoms. The van der Waals surface area contributed by atoms with Gasteiger partial charge >= 0.3 is 0 Å². The van der Waals surface area contributed by atoms with Gasteiger partial charge in [0.05, 0.1) is 16.9 Å². The smallest absolute Gasteiger partial charge is 0.160 e. The van der Waals surface area contributed by atoms with Gasteiger partial charge in [-0.1, -0.05) is 158 Å². The molecule has 7 aromatic carbocycles. The number of nitrogens with zero attached hydrogens (tertiary/aromatic N) is 3. The van der Waals surface area contributed by atoms with Gasteiger partial charge in [-0.25, -0.2) is 9.97 Å². The van der Waals surface area contributed by atoms with Crippen molar-refractivity contribution in [2.24, 2.45) is 0 Å². The largest absolute Gasteiger partial charge is 0.315 e. The zero-order valence-electron chi connectivity index (χ0n) is 26.7. The van der Waals surface area contributed by atoms with Crippen LogP contribution in [0, 0.1) is 0 Å². The molecule has 0 aliphatic carbocycles. The van der Waals surface area contributed by atoms with Gasteiger partial charge in [0.1, 0.15) is 0 Å². The van der Waals surface area contributed by atoms with Crippen molar-refractivity contribution in [2.75, 3.05) is 0 Å². The van der Waals surface area contributed by atoms with Crippen molar-refractivity contribution < 1.29 is 0 Å². The highest BCUT2D eigenvalue weighted by atomic mass is 15.0. The highest BCUT2D eigenvalue weighted by molar-refractivity contribution is 6.12. The summed E-state index contributed by atoms with van der Waals surface area (Å²) in [6.45, 7) is 0. The summed E-state index contributed by atoms with van der Waals surface area (Å²) in [6, 6.07) is 63.9. The Morgan fingerprint density at radius 3 is 1.69 bits per heavy atom. The van der Waals surface area contributed by atoms with Crippen molar-refractivity contribution in [2.45, 2.75) is 0 Å². The first-order valence-electron chi connectivity index (χ1n) is 16.6. The average Bonchev–Trinajstić information content (AvgIpc) is 3.59. The van der Waals surface area contributed by atoms with E-state index in [1.54, 1.807) is 0 Å². The Hall–Kier alpha value is -6.58. The van der Waals surface area contributed by atoms with E-state index >= 15 is 0 Å². The Balaban J connectivity index is 1.19. The van der Waals surface area contributed by atoms with Gasteiger partial charge in [-0.2, -0.15) is 0 Å². The molecule has 3 nitrogen and oxygen atoms in total. The zero-order valence-corrected chi connectivity index (χ0v) is 26.7. The Bertz CT molecular complexity index is 2570. The summed E-state index contributed by atoms with van der Waals surface area (Å²) in [7, 11) is 0. The lowest BCUT2D eigenvalue weighted by Gasteiger charge is -2.11. The molecule has 0 N–H and O–H groups in total. The van der Waals surface area contributed by atoms with E-state index in [-0.39, 0.29) is 0 Å². The van der Waals surface area contributed by atoms with Gasteiger partial charge in [0.25, 0.3) is 0 Å². The van der Waals surface area contributed by atoms with Gasteiger partial charge in [0.15, 0.2) is 5.82 Å². The number of aromatic nitrogens is 3. The molecular weight excluding hydrogens is 595 g/mol. The number of fused-ring (bicyclic) bond motifs is 3. The molecule has 0 radical (unpaired) electrons. The molecule has 9 rings (SSSR count). The molecule has 0 bridgehead atoms. The minimum atomic E-state index is 0.706. The zero-order chi connectivity index (χ0) is 32.6. The van der Waals surface area contributed by atoms with Gasteiger partial charge in [0.2, 0.25) is 0 Å². The van der Waals surface area contributed by atoms with Crippen molar-refractivity contribution in [1.29, 1.82) is 0 Å². The molecule has 2 aromatic heterocycles. The Morgan fingerprint density at radius 1 is 0.367 bits per heavy atom. The van der Waals surface area contributed by atoms with E-state index in [1.165, 1.54) is 38.4 Å². The summed E-state index contributed by atoms with van der Waals surface area (Å²) in [5, 5.41) is 3.67. The number of para-hydroxylation sites is 1. The van der Waals surface area contributed by atoms with Crippen molar-refractivity contribution >= 4 is 21.7 Å². The standard InChI is InChI=1S/C46H31N3/c1-4-13-32(14-5-1)33-23-25-35(26-24-33)43-30-44(48-46(47-43)36-16-6-2-7-17-36)38-19-12-18-37(29-38)42-31-49(39-20-8-3-9-21-39)45-40-22-11-10-15-34(40)27-28-41(42)45/h1-31H. The van der Waals surface area contributed by atoms with Crippen molar-refractivity contribution in [3.8, 4) is 61.8 Å². The van der Waals surface area contributed by atoms with E-state index in [0.29, 0.717) is 5.82 Å². The fraction of sp³-hybridized carbons (Fsp3) is 0. The van der Waals surface area contributed by atoms with E-state index in [4.69, 9.17) is 9.97 Å². The fourth-order valence-electron chi connectivity index (χ4n) is 6.79. The molecule has 0 spiro atoms. The predicted molar refractivity (Wildman–Crippen MR) is 204 cm³/mol. The second kappa shape index (κ2) is 12.2. The quantitative estimate of drug-likeness (QED) is 0.184. The van der Waals surface area contributed by atoms with Crippen LogP contribution in [0.5, 0.6) is 0 Å². The molecule has 0 saturated heterocycles.